The Kier molecular flexibility index (Phi) is 5.72. The van der Waals surface area contributed by atoms with Crippen LogP contribution in [0.3, 0.4) is 0 Å². The molecule has 0 aliphatic heterocycles. The second-order valence-corrected chi connectivity index (χ2v) is 5.63. The van der Waals surface area contributed by atoms with Gasteiger partial charge in [-0.25, -0.2) is 0 Å². The van der Waals surface area contributed by atoms with Gasteiger partial charge in [-0.15, -0.1) is 0 Å². The fraction of sp³-hybridized carbons (Fsp3) is 0.600. The largest absolute Gasteiger partial charge is 0.591 e. The van der Waals surface area contributed by atoms with Crippen molar-refractivity contribution in [2.75, 3.05) is 6.54 Å². The molecule has 0 aromatic heterocycles. The van der Waals surface area contributed by atoms with Crippen LogP contribution in [-0.4, -0.2) is 27.8 Å². The molecule has 80 valence electrons. The molecule has 0 rings (SSSR count). The van der Waals surface area contributed by atoms with Gasteiger partial charge in [-0.3, -0.25) is 4.99 Å². The minimum Gasteiger partial charge on any atom is -0.591 e. The van der Waals surface area contributed by atoms with Crippen molar-refractivity contribution in [3.8, 4) is 0 Å². The third-order valence-corrected chi connectivity index (χ3v) is 2.70. The molecule has 0 aromatic rings. The lowest BCUT2D eigenvalue weighted by Gasteiger charge is -2.17. The molecule has 0 saturated carbocycles. The Morgan fingerprint density at radius 3 is 2.43 bits per heavy atom. The van der Waals surface area contributed by atoms with E-state index in [1.54, 1.807) is 6.08 Å². The van der Waals surface area contributed by atoms with Gasteiger partial charge in [0.25, 0.3) is 0 Å². The summed E-state index contributed by atoms with van der Waals surface area (Å²) in [6, 6.07) is 0. The van der Waals surface area contributed by atoms with Crippen molar-refractivity contribution in [1.82, 2.24) is 0 Å². The summed E-state index contributed by atoms with van der Waals surface area (Å²) in [5.41, 5.74) is 0.671. The Morgan fingerprint density at radius 2 is 2.07 bits per heavy atom. The summed E-state index contributed by atoms with van der Waals surface area (Å²) in [5.74, 6) is 0. The van der Waals surface area contributed by atoms with E-state index in [0.717, 1.165) is 0 Å². The fourth-order valence-electron chi connectivity index (χ4n) is 0.601. The maximum Gasteiger partial charge on any atom is 0.144 e. The fourth-order valence-corrected chi connectivity index (χ4v) is 1.12. The van der Waals surface area contributed by atoms with Gasteiger partial charge in [0.05, 0.1) is 5.71 Å². The third-order valence-electron chi connectivity index (χ3n) is 1.35. The minimum absolute atomic E-state index is 0.324. The molecular formula is C10H18N2OS. The minimum atomic E-state index is -1.22. The van der Waals surface area contributed by atoms with E-state index in [2.05, 4.69) is 16.0 Å². The van der Waals surface area contributed by atoms with E-state index in [1.807, 2.05) is 27.7 Å². The molecule has 3 nitrogen and oxygen atoms in total. The number of rotatable bonds is 4. The normalized spacial score (nSPS) is 15.9. The van der Waals surface area contributed by atoms with Crippen molar-refractivity contribution in [3.63, 3.8) is 0 Å². The molecule has 0 N–H and O–H groups in total. The second kappa shape index (κ2) is 5.98. The van der Waals surface area contributed by atoms with E-state index in [9.17, 15) is 4.55 Å². The summed E-state index contributed by atoms with van der Waals surface area (Å²) in [7, 11) is 0. The van der Waals surface area contributed by atoms with Crippen molar-refractivity contribution in [2.24, 2.45) is 9.39 Å². The molecule has 4 heteroatoms. The van der Waals surface area contributed by atoms with Crippen LogP contribution in [0, 0.1) is 0 Å². The van der Waals surface area contributed by atoms with Crippen LogP contribution in [0.1, 0.15) is 27.7 Å². The highest BCUT2D eigenvalue weighted by molar-refractivity contribution is 7.91. The predicted octanol–water partition coefficient (Wildman–Crippen LogP) is 2.17. The highest BCUT2D eigenvalue weighted by Gasteiger charge is 2.25. The van der Waals surface area contributed by atoms with Gasteiger partial charge in [0.1, 0.15) is 22.3 Å². The van der Waals surface area contributed by atoms with Crippen LogP contribution in [0.4, 0.5) is 0 Å². The van der Waals surface area contributed by atoms with Crippen molar-refractivity contribution in [1.29, 1.82) is 0 Å². The van der Waals surface area contributed by atoms with Crippen LogP contribution in [0.5, 0.6) is 0 Å². The zero-order valence-corrected chi connectivity index (χ0v) is 10.1. The van der Waals surface area contributed by atoms with Gasteiger partial charge in [-0.05, 0) is 33.8 Å². The van der Waals surface area contributed by atoms with E-state index in [4.69, 9.17) is 0 Å². The zero-order chi connectivity index (χ0) is 11.2. The summed E-state index contributed by atoms with van der Waals surface area (Å²) < 4.78 is 15.1. The molecule has 0 fully saturated rings. The number of allylic oxidation sites excluding steroid dienone is 1. The van der Waals surface area contributed by atoms with Crippen LogP contribution in [0.2, 0.25) is 0 Å². The SMILES string of the molecule is C=CC(C=N[S+]([O-])C(C)(C)C)=NCC. The zero-order valence-electron chi connectivity index (χ0n) is 9.28. The summed E-state index contributed by atoms with van der Waals surface area (Å²) in [5, 5.41) is 0. The first-order valence-corrected chi connectivity index (χ1v) is 5.65. The smallest absolute Gasteiger partial charge is 0.144 e. The Bertz CT molecular complexity index is 241. The van der Waals surface area contributed by atoms with Gasteiger partial charge in [-0.2, -0.15) is 0 Å². The first kappa shape index (κ1) is 13.4. The molecule has 0 spiro atoms. The lowest BCUT2D eigenvalue weighted by Crippen LogP contribution is -2.26. The molecule has 0 aromatic carbocycles. The quantitative estimate of drug-likeness (QED) is 0.522. The van der Waals surface area contributed by atoms with Crippen molar-refractivity contribution < 1.29 is 4.55 Å². The number of hydrogen-bond donors (Lipinski definition) is 0. The molecule has 14 heavy (non-hydrogen) atoms. The van der Waals surface area contributed by atoms with Crippen molar-refractivity contribution >= 4 is 23.3 Å². The topological polar surface area (TPSA) is 47.8 Å². The summed E-state index contributed by atoms with van der Waals surface area (Å²) >= 11 is -1.22. The standard InChI is InChI=1S/C10H18N2OS/c1-6-9(11-7-2)8-12-14(13)10(3,4)5/h6,8H,1,7H2,2-5H3. The maximum absolute atomic E-state index is 11.5. The van der Waals surface area contributed by atoms with Gasteiger partial charge in [0.2, 0.25) is 0 Å². The second-order valence-electron chi connectivity index (χ2n) is 3.70. The number of nitrogens with zero attached hydrogens (tertiary/aromatic N) is 2. The predicted molar refractivity (Wildman–Crippen MR) is 64.6 cm³/mol. The molecule has 0 amide bonds. The monoisotopic (exact) mass is 214 g/mol. The van der Waals surface area contributed by atoms with Crippen molar-refractivity contribution in [3.05, 3.63) is 12.7 Å². The van der Waals surface area contributed by atoms with Gasteiger partial charge in [0, 0.05) is 6.54 Å². The van der Waals surface area contributed by atoms with Crippen LogP contribution in [-0.2, 0) is 11.4 Å². The van der Waals surface area contributed by atoms with Gasteiger partial charge >= 0.3 is 0 Å². The molecule has 0 bridgehead atoms. The lowest BCUT2D eigenvalue weighted by atomic mass is 10.3. The highest BCUT2D eigenvalue weighted by Crippen LogP contribution is 2.16. The summed E-state index contributed by atoms with van der Waals surface area (Å²) in [4.78, 5) is 4.11. The molecule has 0 heterocycles. The lowest BCUT2D eigenvalue weighted by molar-refractivity contribution is 0.562. The molecule has 0 radical (unpaired) electrons. The number of aliphatic imine (C=N–C) groups is 1. The first-order valence-electron chi connectivity index (χ1n) is 4.54. The van der Waals surface area contributed by atoms with Crippen LogP contribution >= 0.6 is 0 Å². The van der Waals surface area contributed by atoms with E-state index >= 15 is 0 Å². The highest BCUT2D eigenvalue weighted by atomic mass is 32.2. The average molecular weight is 214 g/mol. The van der Waals surface area contributed by atoms with Gasteiger partial charge in [-0.1, -0.05) is 11.0 Å². The molecule has 1 atom stereocenters. The average Bonchev–Trinajstić information content (AvgIpc) is 2.10. The van der Waals surface area contributed by atoms with Gasteiger partial charge < -0.3 is 4.55 Å². The van der Waals surface area contributed by atoms with Gasteiger partial charge in [0.15, 0.2) is 0 Å². The van der Waals surface area contributed by atoms with E-state index in [0.29, 0.717) is 12.3 Å². The third kappa shape index (κ3) is 5.19. The molecule has 0 aliphatic rings. The van der Waals surface area contributed by atoms with Crippen LogP contribution < -0.4 is 0 Å². The van der Waals surface area contributed by atoms with E-state index in [-0.39, 0.29) is 4.75 Å². The Morgan fingerprint density at radius 1 is 1.50 bits per heavy atom. The molecule has 0 aliphatic carbocycles. The number of hydrogen-bond acceptors (Lipinski definition) is 3. The molecule has 0 saturated heterocycles. The Balaban J connectivity index is 4.42. The summed E-state index contributed by atoms with van der Waals surface area (Å²) in [6.07, 6.45) is 3.12. The van der Waals surface area contributed by atoms with E-state index in [1.165, 1.54) is 6.21 Å². The summed E-state index contributed by atoms with van der Waals surface area (Å²) in [6.45, 7) is 11.8. The van der Waals surface area contributed by atoms with E-state index < -0.39 is 11.4 Å². The van der Waals surface area contributed by atoms with Crippen LogP contribution in [0.15, 0.2) is 22.0 Å². The van der Waals surface area contributed by atoms with Crippen molar-refractivity contribution in [2.45, 2.75) is 32.4 Å². The Hall–Kier alpha value is -0.610. The van der Waals surface area contributed by atoms with Crippen LogP contribution in [0.25, 0.3) is 0 Å². The molecule has 1 unspecified atom stereocenters. The molecular weight excluding hydrogens is 196 g/mol. The first-order chi connectivity index (χ1) is 6.41. The maximum atomic E-state index is 11.5. The Labute approximate surface area is 89.4 Å².